The van der Waals surface area contributed by atoms with Crippen LogP contribution in [0.4, 0.5) is 17.1 Å². The molecule has 0 unspecified atom stereocenters. The van der Waals surface area contributed by atoms with E-state index in [4.69, 9.17) is 28.5 Å². The van der Waals surface area contributed by atoms with Crippen molar-refractivity contribution in [3.8, 4) is 6.07 Å². The Morgan fingerprint density at radius 3 is 2.55 bits per heavy atom. The molecular weight excluding hydrogens is 301 g/mol. The van der Waals surface area contributed by atoms with E-state index in [9.17, 15) is 10.1 Å². The van der Waals surface area contributed by atoms with Gasteiger partial charge in [0.2, 0.25) is 0 Å². The predicted molar refractivity (Wildman–Crippen MR) is 77.6 cm³/mol. The summed E-state index contributed by atoms with van der Waals surface area (Å²) >= 11 is 11.9. The molecule has 0 fully saturated rings. The van der Waals surface area contributed by atoms with Gasteiger partial charge in [-0.15, -0.1) is 0 Å². The summed E-state index contributed by atoms with van der Waals surface area (Å²) in [5.74, 6) is 0. The van der Waals surface area contributed by atoms with Gasteiger partial charge in [-0.05, 0) is 24.3 Å². The molecule has 0 aromatic heterocycles. The molecule has 0 heterocycles. The van der Waals surface area contributed by atoms with Crippen molar-refractivity contribution >= 4 is 40.3 Å². The number of halogens is 2. The van der Waals surface area contributed by atoms with Gasteiger partial charge < -0.3 is 5.32 Å². The predicted octanol–water partition coefficient (Wildman–Crippen LogP) is 4.52. The molecule has 0 atom stereocenters. The van der Waals surface area contributed by atoms with Crippen LogP contribution in [0.5, 0.6) is 0 Å². The highest BCUT2D eigenvalue weighted by molar-refractivity contribution is 6.35. The van der Waals surface area contributed by atoms with Gasteiger partial charge in [0.05, 0.1) is 26.9 Å². The van der Waals surface area contributed by atoms with E-state index in [1.54, 1.807) is 18.2 Å². The van der Waals surface area contributed by atoms with Crippen molar-refractivity contribution in [3.63, 3.8) is 0 Å². The van der Waals surface area contributed by atoms with Crippen molar-refractivity contribution in [1.29, 1.82) is 5.26 Å². The second-order valence-corrected chi connectivity index (χ2v) is 4.69. The van der Waals surface area contributed by atoms with Gasteiger partial charge in [-0.25, -0.2) is 0 Å². The molecule has 0 amide bonds. The van der Waals surface area contributed by atoms with E-state index in [0.717, 1.165) is 0 Å². The first-order valence-electron chi connectivity index (χ1n) is 5.42. The largest absolute Gasteiger partial charge is 0.353 e. The average molecular weight is 308 g/mol. The van der Waals surface area contributed by atoms with Crippen LogP contribution in [0, 0.1) is 21.4 Å². The molecule has 1 N–H and O–H groups in total. The first kappa shape index (κ1) is 14.1. The third-order valence-electron chi connectivity index (χ3n) is 2.53. The summed E-state index contributed by atoms with van der Waals surface area (Å²) in [5, 5.41) is 23.6. The Morgan fingerprint density at radius 1 is 1.15 bits per heavy atom. The number of hydrogen-bond donors (Lipinski definition) is 1. The summed E-state index contributed by atoms with van der Waals surface area (Å²) in [6, 6.07) is 10.7. The molecule has 2 aromatic carbocycles. The Balaban J connectivity index is 2.41. The topological polar surface area (TPSA) is 79.0 Å². The molecular formula is C13H7Cl2N3O2. The van der Waals surface area contributed by atoms with E-state index in [0.29, 0.717) is 21.4 Å². The summed E-state index contributed by atoms with van der Waals surface area (Å²) in [5.41, 5.74) is 0.936. The van der Waals surface area contributed by atoms with E-state index in [2.05, 4.69) is 5.32 Å². The molecule has 7 heteroatoms. The van der Waals surface area contributed by atoms with Gasteiger partial charge in [-0.1, -0.05) is 23.2 Å². The maximum atomic E-state index is 10.7. The first-order chi connectivity index (χ1) is 9.51. The number of hydrogen-bond acceptors (Lipinski definition) is 4. The lowest BCUT2D eigenvalue weighted by Crippen LogP contribution is -1.96. The Labute approximate surface area is 124 Å². The summed E-state index contributed by atoms with van der Waals surface area (Å²) in [6.45, 7) is 0. The van der Waals surface area contributed by atoms with Crippen molar-refractivity contribution in [3.05, 3.63) is 62.1 Å². The van der Waals surface area contributed by atoms with Crippen molar-refractivity contribution < 1.29 is 4.92 Å². The third-order valence-corrected chi connectivity index (χ3v) is 3.10. The molecule has 100 valence electrons. The van der Waals surface area contributed by atoms with Gasteiger partial charge in [0.1, 0.15) is 6.07 Å². The van der Waals surface area contributed by atoms with E-state index < -0.39 is 4.92 Å². The summed E-state index contributed by atoms with van der Waals surface area (Å²) in [4.78, 5) is 10.1. The van der Waals surface area contributed by atoms with Crippen molar-refractivity contribution in [2.24, 2.45) is 0 Å². The Kier molecular flexibility index (Phi) is 4.08. The number of nitro groups is 1. The number of nitrogens with zero attached hydrogens (tertiary/aromatic N) is 2. The second kappa shape index (κ2) is 5.78. The Morgan fingerprint density at radius 2 is 1.90 bits per heavy atom. The molecule has 0 aliphatic carbocycles. The normalized spacial score (nSPS) is 9.85. The summed E-state index contributed by atoms with van der Waals surface area (Å²) in [7, 11) is 0. The van der Waals surface area contributed by atoms with Gasteiger partial charge in [-0.2, -0.15) is 5.26 Å². The molecule has 0 radical (unpaired) electrons. The molecule has 2 aromatic rings. The molecule has 5 nitrogen and oxygen atoms in total. The standard InChI is InChI=1S/C13H7Cl2N3O2/c14-9-1-3-11(15)13(6-9)17-12-4-2-10(18(19)20)5-8(12)7-16/h1-6,17H. The van der Waals surface area contributed by atoms with Crippen LogP contribution >= 0.6 is 23.2 Å². The monoisotopic (exact) mass is 307 g/mol. The van der Waals surface area contributed by atoms with Crippen LogP contribution in [0.25, 0.3) is 0 Å². The number of rotatable bonds is 3. The molecule has 2 rings (SSSR count). The lowest BCUT2D eigenvalue weighted by molar-refractivity contribution is -0.384. The van der Waals surface area contributed by atoms with Gasteiger partial charge >= 0.3 is 0 Å². The van der Waals surface area contributed by atoms with Gasteiger partial charge in [0, 0.05) is 17.2 Å². The zero-order valence-electron chi connectivity index (χ0n) is 9.93. The summed E-state index contributed by atoms with van der Waals surface area (Å²) < 4.78 is 0. The zero-order valence-corrected chi connectivity index (χ0v) is 11.4. The Bertz CT molecular complexity index is 726. The fourth-order valence-electron chi connectivity index (χ4n) is 1.59. The van der Waals surface area contributed by atoms with Gasteiger partial charge in [0.25, 0.3) is 5.69 Å². The lowest BCUT2D eigenvalue weighted by atomic mass is 10.1. The zero-order chi connectivity index (χ0) is 14.7. The van der Waals surface area contributed by atoms with E-state index in [-0.39, 0.29) is 11.3 Å². The van der Waals surface area contributed by atoms with Crippen LogP contribution in [0.2, 0.25) is 10.0 Å². The maximum absolute atomic E-state index is 10.7. The molecule has 0 saturated heterocycles. The van der Waals surface area contributed by atoms with Gasteiger partial charge in [0.15, 0.2) is 0 Å². The van der Waals surface area contributed by atoms with Crippen LogP contribution in [-0.4, -0.2) is 4.92 Å². The SMILES string of the molecule is N#Cc1cc([N+](=O)[O-])ccc1Nc1cc(Cl)ccc1Cl. The van der Waals surface area contributed by atoms with Crippen molar-refractivity contribution in [1.82, 2.24) is 0 Å². The quantitative estimate of drug-likeness (QED) is 0.668. The van der Waals surface area contributed by atoms with E-state index in [1.165, 1.54) is 18.2 Å². The van der Waals surface area contributed by atoms with Gasteiger partial charge in [-0.3, -0.25) is 10.1 Å². The number of nitrogens with one attached hydrogen (secondary N) is 1. The minimum Gasteiger partial charge on any atom is -0.353 e. The van der Waals surface area contributed by atoms with E-state index in [1.807, 2.05) is 6.07 Å². The number of nitriles is 1. The van der Waals surface area contributed by atoms with Crippen LogP contribution in [0.3, 0.4) is 0 Å². The van der Waals surface area contributed by atoms with Crippen molar-refractivity contribution in [2.75, 3.05) is 5.32 Å². The molecule has 0 aliphatic heterocycles. The lowest BCUT2D eigenvalue weighted by Gasteiger charge is -2.10. The highest BCUT2D eigenvalue weighted by atomic mass is 35.5. The van der Waals surface area contributed by atoms with E-state index >= 15 is 0 Å². The smallest absolute Gasteiger partial charge is 0.270 e. The van der Waals surface area contributed by atoms with Crippen LogP contribution < -0.4 is 5.32 Å². The number of nitro benzene ring substituents is 1. The van der Waals surface area contributed by atoms with Crippen LogP contribution in [0.15, 0.2) is 36.4 Å². The average Bonchev–Trinajstić information content (AvgIpc) is 2.43. The van der Waals surface area contributed by atoms with Crippen molar-refractivity contribution in [2.45, 2.75) is 0 Å². The first-order valence-corrected chi connectivity index (χ1v) is 6.17. The Hall–Kier alpha value is -2.29. The highest BCUT2D eigenvalue weighted by Crippen LogP contribution is 2.30. The fourth-order valence-corrected chi connectivity index (χ4v) is 1.92. The fraction of sp³-hybridized carbons (Fsp3) is 0. The molecule has 0 spiro atoms. The molecule has 0 aliphatic rings. The molecule has 0 bridgehead atoms. The second-order valence-electron chi connectivity index (χ2n) is 3.85. The minimum absolute atomic E-state index is 0.148. The molecule has 0 saturated carbocycles. The number of benzene rings is 2. The number of anilines is 2. The van der Waals surface area contributed by atoms with Crippen LogP contribution in [-0.2, 0) is 0 Å². The van der Waals surface area contributed by atoms with Crippen LogP contribution in [0.1, 0.15) is 5.56 Å². The summed E-state index contributed by atoms with van der Waals surface area (Å²) in [6.07, 6.45) is 0. The molecule has 20 heavy (non-hydrogen) atoms. The minimum atomic E-state index is -0.559. The maximum Gasteiger partial charge on any atom is 0.270 e. The number of non-ortho nitro benzene ring substituents is 1. The highest BCUT2D eigenvalue weighted by Gasteiger charge is 2.11. The third kappa shape index (κ3) is 2.99.